The molecule has 8 nitrogen and oxygen atoms in total. The van der Waals surface area contributed by atoms with E-state index in [1.54, 1.807) is 19.9 Å². The number of carbonyl (C=O) groups is 4. The number of carbonyl (C=O) groups excluding carboxylic acids is 4. The van der Waals surface area contributed by atoms with Gasteiger partial charge < -0.3 is 19.3 Å². The smallest absolute Gasteiger partial charge is 0.313 e. The molecule has 0 aromatic heterocycles. The van der Waals surface area contributed by atoms with Crippen LogP contribution in [0.5, 0.6) is 0 Å². The Kier molecular flexibility index (Phi) is 22.5. The molecule has 0 aliphatic heterocycles. The first-order valence-corrected chi connectivity index (χ1v) is 12.9. The van der Waals surface area contributed by atoms with E-state index in [2.05, 4.69) is 9.47 Å². The summed E-state index contributed by atoms with van der Waals surface area (Å²) in [5.41, 5.74) is 2.19. The van der Waals surface area contributed by atoms with Gasteiger partial charge in [0.15, 0.2) is 11.6 Å². The van der Waals surface area contributed by atoms with Gasteiger partial charge in [0.2, 0.25) is 0 Å². The van der Waals surface area contributed by atoms with E-state index in [9.17, 15) is 19.2 Å². The van der Waals surface area contributed by atoms with Crippen LogP contribution >= 0.6 is 11.6 Å². The average Bonchev–Trinajstić information content (AvgIpc) is 2.93. The van der Waals surface area contributed by atoms with Crippen molar-refractivity contribution in [2.45, 2.75) is 26.7 Å². The zero-order valence-electron chi connectivity index (χ0n) is 22.4. The predicted octanol–water partition coefficient (Wildman–Crippen LogP) is 4.68. The van der Waals surface area contributed by atoms with Crippen molar-refractivity contribution in [1.29, 1.82) is 0 Å². The summed E-state index contributed by atoms with van der Waals surface area (Å²) in [7, 11) is 0. The van der Waals surface area contributed by atoms with Gasteiger partial charge in [0.1, 0.15) is 19.4 Å². The molecule has 0 aliphatic rings. The summed E-state index contributed by atoms with van der Waals surface area (Å²) < 4.78 is 14.3. The molecule has 0 aliphatic carbocycles. The van der Waals surface area contributed by atoms with Crippen molar-refractivity contribution in [2.75, 3.05) is 38.9 Å². The van der Waals surface area contributed by atoms with Crippen LogP contribution in [0.1, 0.15) is 37.8 Å². The SMILES string of the molecule is CCOC(=O)CC(=O)CCl.CCOC(=O)CC(=O)COC/C=C/c1ccccc1.OC/C=C/c1ccccc1. The number of benzene rings is 2. The number of Topliss-reactive ketones (excluding diaryl/α,β-unsaturated/α-hetero) is 2. The molecule has 0 saturated carbocycles. The molecule has 2 aromatic rings. The van der Waals surface area contributed by atoms with E-state index in [0.29, 0.717) is 13.2 Å². The van der Waals surface area contributed by atoms with Crippen LogP contribution in [-0.2, 0) is 33.4 Å². The molecule has 0 atom stereocenters. The van der Waals surface area contributed by atoms with Gasteiger partial charge in [0.05, 0.1) is 32.3 Å². The lowest BCUT2D eigenvalue weighted by Crippen LogP contribution is -2.15. The van der Waals surface area contributed by atoms with Crippen LogP contribution in [0.4, 0.5) is 0 Å². The largest absolute Gasteiger partial charge is 0.466 e. The second kappa shape index (κ2) is 24.7. The molecule has 2 rings (SSSR count). The van der Waals surface area contributed by atoms with Crippen LogP contribution < -0.4 is 0 Å². The maximum absolute atomic E-state index is 11.3. The first-order valence-electron chi connectivity index (χ1n) is 12.4. The van der Waals surface area contributed by atoms with Crippen LogP contribution in [0.3, 0.4) is 0 Å². The number of hydrogen-bond donors (Lipinski definition) is 1. The van der Waals surface area contributed by atoms with Crippen molar-refractivity contribution in [2.24, 2.45) is 0 Å². The van der Waals surface area contributed by atoms with Gasteiger partial charge in [0.25, 0.3) is 0 Å². The zero-order chi connectivity index (χ0) is 29.1. The van der Waals surface area contributed by atoms with E-state index in [1.165, 1.54) is 0 Å². The van der Waals surface area contributed by atoms with E-state index in [4.69, 9.17) is 21.4 Å². The fourth-order valence-corrected chi connectivity index (χ4v) is 2.68. The summed E-state index contributed by atoms with van der Waals surface area (Å²) in [5, 5.41) is 8.44. The minimum atomic E-state index is -0.506. The fraction of sp³-hybridized carbons (Fsp3) is 0.333. The van der Waals surface area contributed by atoms with Gasteiger partial charge in [-0.15, -0.1) is 11.6 Å². The lowest BCUT2D eigenvalue weighted by molar-refractivity contribution is -0.147. The highest BCUT2D eigenvalue weighted by Crippen LogP contribution is 2.01. The van der Waals surface area contributed by atoms with Crippen LogP contribution in [0.2, 0.25) is 0 Å². The van der Waals surface area contributed by atoms with E-state index in [-0.39, 0.29) is 50.1 Å². The van der Waals surface area contributed by atoms with E-state index in [1.807, 2.05) is 78.9 Å². The van der Waals surface area contributed by atoms with Crippen molar-refractivity contribution in [3.8, 4) is 0 Å². The molecular weight excluding hydrogens is 524 g/mol. The summed E-state index contributed by atoms with van der Waals surface area (Å²) in [4.78, 5) is 43.3. The Labute approximate surface area is 235 Å². The molecule has 0 bridgehead atoms. The van der Waals surface area contributed by atoms with Crippen molar-refractivity contribution < 1.29 is 38.5 Å². The van der Waals surface area contributed by atoms with Crippen LogP contribution in [-0.4, -0.2) is 67.5 Å². The van der Waals surface area contributed by atoms with Gasteiger partial charge in [-0.2, -0.15) is 0 Å². The summed E-state index contributed by atoms with van der Waals surface area (Å²) in [6.45, 7) is 4.34. The van der Waals surface area contributed by atoms with E-state index < -0.39 is 11.9 Å². The highest BCUT2D eigenvalue weighted by Gasteiger charge is 2.09. The van der Waals surface area contributed by atoms with E-state index >= 15 is 0 Å². The maximum Gasteiger partial charge on any atom is 0.313 e. The van der Waals surface area contributed by atoms with Crippen LogP contribution in [0.25, 0.3) is 12.2 Å². The Bertz CT molecular complexity index is 1000. The quantitative estimate of drug-likeness (QED) is 0.153. The molecular formula is C30H37ClO8. The molecule has 0 unspecified atom stereocenters. The van der Waals surface area contributed by atoms with Crippen molar-refractivity contribution in [1.82, 2.24) is 0 Å². The molecule has 0 saturated heterocycles. The van der Waals surface area contributed by atoms with Gasteiger partial charge in [0, 0.05) is 0 Å². The Morgan fingerprint density at radius 3 is 1.64 bits per heavy atom. The number of esters is 2. The predicted molar refractivity (Wildman–Crippen MR) is 152 cm³/mol. The minimum Gasteiger partial charge on any atom is -0.466 e. The molecule has 1 N–H and O–H groups in total. The number of aliphatic hydroxyl groups excluding tert-OH is 1. The van der Waals surface area contributed by atoms with Crippen molar-refractivity contribution in [3.05, 3.63) is 83.9 Å². The number of rotatable bonds is 14. The number of hydrogen-bond acceptors (Lipinski definition) is 8. The van der Waals surface area contributed by atoms with Crippen LogP contribution in [0, 0.1) is 0 Å². The standard InChI is InChI=1S/C15H18O4.C9H10O.C6H9ClO3/c1-2-19-15(17)11-14(16)12-18-10-6-9-13-7-4-3-5-8-13;10-8-4-7-9-5-2-1-3-6-9;1-2-10-6(9)3-5(8)4-7/h3-9H,2,10-12H2,1H3;1-7,10H,8H2;2-4H2,1H3/b9-6+;7-4+;. The summed E-state index contributed by atoms with van der Waals surface area (Å²) in [6.07, 6.45) is 6.91. The molecule has 0 amide bonds. The average molecular weight is 561 g/mol. The number of ketones is 2. The minimum absolute atomic E-state index is 0.0715. The Hall–Kier alpha value is -3.59. The third kappa shape index (κ3) is 22.1. The Balaban J connectivity index is 0.000000610. The molecule has 0 radical (unpaired) electrons. The highest BCUT2D eigenvalue weighted by atomic mass is 35.5. The molecule has 0 heterocycles. The molecule has 0 fully saturated rings. The monoisotopic (exact) mass is 560 g/mol. The summed E-state index contributed by atoms with van der Waals surface area (Å²) in [5.74, 6) is -1.71. The first kappa shape index (κ1) is 35.4. The number of ether oxygens (including phenoxy) is 3. The zero-order valence-corrected chi connectivity index (χ0v) is 23.2. The lowest BCUT2D eigenvalue weighted by atomic mass is 10.2. The topological polar surface area (TPSA) is 116 Å². The molecule has 0 spiro atoms. The number of aliphatic hydroxyl groups is 1. The highest BCUT2D eigenvalue weighted by molar-refractivity contribution is 6.28. The second-order valence-corrected chi connectivity index (χ2v) is 7.77. The fourth-order valence-electron chi connectivity index (χ4n) is 2.59. The number of halogens is 1. The van der Waals surface area contributed by atoms with Crippen molar-refractivity contribution >= 4 is 47.3 Å². The van der Waals surface area contributed by atoms with Gasteiger partial charge in [-0.05, 0) is 25.0 Å². The Morgan fingerprint density at radius 2 is 1.21 bits per heavy atom. The summed E-state index contributed by atoms with van der Waals surface area (Å²) >= 11 is 5.14. The van der Waals surface area contributed by atoms with Gasteiger partial charge in [-0.25, -0.2) is 0 Å². The third-order valence-electron chi connectivity index (χ3n) is 4.24. The molecule has 39 heavy (non-hydrogen) atoms. The van der Waals surface area contributed by atoms with Crippen molar-refractivity contribution in [3.63, 3.8) is 0 Å². The molecule has 9 heteroatoms. The molecule has 212 valence electrons. The normalized spacial score (nSPS) is 10.2. The first-order chi connectivity index (χ1) is 18.9. The molecule has 2 aromatic carbocycles. The van der Waals surface area contributed by atoms with Gasteiger partial charge >= 0.3 is 11.9 Å². The third-order valence-corrected chi connectivity index (χ3v) is 4.54. The lowest BCUT2D eigenvalue weighted by Gasteiger charge is -2.01. The van der Waals surface area contributed by atoms with E-state index in [0.717, 1.165) is 11.1 Å². The number of alkyl halides is 1. The maximum atomic E-state index is 11.3. The summed E-state index contributed by atoms with van der Waals surface area (Å²) in [6, 6.07) is 19.7. The van der Waals surface area contributed by atoms with Crippen LogP contribution in [0.15, 0.2) is 72.8 Å². The van der Waals surface area contributed by atoms with Gasteiger partial charge in [-0.3, -0.25) is 19.2 Å². The second-order valence-electron chi connectivity index (χ2n) is 7.50. The Morgan fingerprint density at radius 1 is 0.744 bits per heavy atom. The van der Waals surface area contributed by atoms with Gasteiger partial charge in [-0.1, -0.05) is 85.0 Å².